The molecular weight excluding hydrogens is 389 g/mol. The van der Waals surface area contributed by atoms with Crippen LogP contribution in [0.4, 0.5) is 13.2 Å². The number of hydrogen-bond donors (Lipinski definition) is 0. The minimum Gasteiger partial charge on any atom is -0.352 e. The van der Waals surface area contributed by atoms with Crippen LogP contribution >= 0.6 is 11.3 Å². The van der Waals surface area contributed by atoms with E-state index in [0.717, 1.165) is 35.9 Å². The van der Waals surface area contributed by atoms with Crippen molar-refractivity contribution in [3.63, 3.8) is 0 Å². The molecule has 0 aliphatic carbocycles. The Balaban J connectivity index is 1.81. The number of nitrogens with zero attached hydrogens (tertiary/aromatic N) is 2. The van der Waals surface area contributed by atoms with Gasteiger partial charge in [0.15, 0.2) is 6.29 Å². The second kappa shape index (κ2) is 8.81. The molecule has 148 valence electrons. The van der Waals surface area contributed by atoms with E-state index < -0.39 is 18.0 Å². The normalized spacial score (nSPS) is 12.9. The second-order valence-corrected chi connectivity index (χ2v) is 7.05. The summed E-state index contributed by atoms with van der Waals surface area (Å²) in [6.07, 6.45) is -1.25. The van der Waals surface area contributed by atoms with Crippen molar-refractivity contribution >= 4 is 11.3 Å². The molecule has 1 unspecified atom stereocenters. The quantitative estimate of drug-likeness (QED) is 0.452. The molecule has 8 heteroatoms. The van der Waals surface area contributed by atoms with Gasteiger partial charge in [0.2, 0.25) is 0 Å². The molecule has 28 heavy (non-hydrogen) atoms. The lowest BCUT2D eigenvalue weighted by atomic mass is 10.1. The molecule has 2 aromatic heterocycles. The maximum atomic E-state index is 12.9. The Kier molecular flexibility index (Phi) is 6.43. The van der Waals surface area contributed by atoms with Crippen LogP contribution in [-0.4, -0.2) is 23.7 Å². The molecule has 0 bridgehead atoms. The Morgan fingerprint density at radius 1 is 1.11 bits per heavy atom. The molecule has 3 rings (SSSR count). The predicted molar refractivity (Wildman–Crippen MR) is 102 cm³/mol. The van der Waals surface area contributed by atoms with Crippen molar-refractivity contribution in [2.45, 2.75) is 25.8 Å². The molecule has 4 nitrogen and oxygen atoms in total. The summed E-state index contributed by atoms with van der Waals surface area (Å²) < 4.78 is 49.7. The van der Waals surface area contributed by atoms with Crippen LogP contribution in [0, 0.1) is 0 Å². The summed E-state index contributed by atoms with van der Waals surface area (Å²) in [7, 11) is 1.59. The maximum Gasteiger partial charge on any atom is 0.416 e. The van der Waals surface area contributed by atoms with Gasteiger partial charge in [-0.15, -0.1) is 11.3 Å². The number of alkyl halides is 3. The molecule has 0 N–H and O–H groups in total. The topological polar surface area (TPSA) is 44.2 Å². The first kappa shape index (κ1) is 20.4. The van der Waals surface area contributed by atoms with E-state index in [9.17, 15) is 13.2 Å². The van der Waals surface area contributed by atoms with Gasteiger partial charge in [0.05, 0.1) is 16.1 Å². The van der Waals surface area contributed by atoms with E-state index >= 15 is 0 Å². The third kappa shape index (κ3) is 4.76. The maximum absolute atomic E-state index is 12.9. The molecule has 1 aromatic carbocycles. The van der Waals surface area contributed by atoms with Crippen molar-refractivity contribution in [1.29, 1.82) is 0 Å². The van der Waals surface area contributed by atoms with Gasteiger partial charge in [-0.25, -0.2) is 4.98 Å². The highest BCUT2D eigenvalue weighted by atomic mass is 32.1. The van der Waals surface area contributed by atoms with Crippen LogP contribution in [0.1, 0.15) is 30.8 Å². The molecule has 0 aliphatic rings. The molecule has 0 saturated heterocycles. The third-order valence-electron chi connectivity index (χ3n) is 3.96. The fourth-order valence-corrected chi connectivity index (χ4v) is 3.46. The number of ether oxygens (including phenoxy) is 2. The highest BCUT2D eigenvalue weighted by Crippen LogP contribution is 2.35. The highest BCUT2D eigenvalue weighted by molar-refractivity contribution is 7.18. The monoisotopic (exact) mass is 408 g/mol. The van der Waals surface area contributed by atoms with Gasteiger partial charge in [0.1, 0.15) is 5.01 Å². The number of methoxy groups -OCH3 is 1. The average molecular weight is 408 g/mol. The van der Waals surface area contributed by atoms with Gasteiger partial charge in [-0.1, -0.05) is 31.2 Å². The molecule has 0 fully saturated rings. The first-order valence-corrected chi connectivity index (χ1v) is 9.48. The fourth-order valence-electron chi connectivity index (χ4n) is 2.58. The van der Waals surface area contributed by atoms with Gasteiger partial charge in [-0.3, -0.25) is 4.98 Å². The molecule has 0 saturated carbocycles. The van der Waals surface area contributed by atoms with E-state index in [2.05, 4.69) is 9.97 Å². The van der Waals surface area contributed by atoms with Crippen LogP contribution in [0.5, 0.6) is 0 Å². The van der Waals surface area contributed by atoms with Crippen LogP contribution in [0.25, 0.3) is 21.1 Å². The summed E-state index contributed by atoms with van der Waals surface area (Å²) in [6, 6.07) is 9.55. The van der Waals surface area contributed by atoms with Gasteiger partial charge < -0.3 is 9.47 Å². The fraction of sp³-hybridized carbons (Fsp3) is 0.300. The first-order valence-electron chi connectivity index (χ1n) is 8.66. The van der Waals surface area contributed by atoms with Gasteiger partial charge >= 0.3 is 6.18 Å². The summed E-state index contributed by atoms with van der Waals surface area (Å²) in [5, 5.41) is 0.698. The van der Waals surface area contributed by atoms with Crippen LogP contribution < -0.4 is 0 Å². The lowest BCUT2D eigenvalue weighted by Gasteiger charge is -2.16. The third-order valence-corrected chi connectivity index (χ3v) is 5.03. The van der Waals surface area contributed by atoms with Gasteiger partial charge in [-0.2, -0.15) is 13.2 Å². The Bertz CT molecular complexity index is 910. The number of hydrogen-bond acceptors (Lipinski definition) is 5. The van der Waals surface area contributed by atoms with Crippen LogP contribution in [0.2, 0.25) is 0 Å². The number of thiazole rings is 1. The number of benzene rings is 1. The molecule has 1 atom stereocenters. The molecule has 3 aromatic rings. The van der Waals surface area contributed by atoms with Crippen molar-refractivity contribution in [2.24, 2.45) is 0 Å². The van der Waals surface area contributed by atoms with Crippen molar-refractivity contribution in [1.82, 2.24) is 9.97 Å². The SMILES string of the molecule is CCCOC(OC)c1ccc(-c2ncc(-c3cc(C(F)(F)F)ccn3)s2)cc1. The van der Waals surface area contributed by atoms with E-state index in [0.29, 0.717) is 16.5 Å². The smallest absolute Gasteiger partial charge is 0.352 e. The Morgan fingerprint density at radius 3 is 2.50 bits per heavy atom. The molecule has 2 heterocycles. The Hall–Kier alpha value is -2.29. The number of rotatable bonds is 7. The number of pyridine rings is 1. The van der Waals surface area contributed by atoms with Crippen molar-refractivity contribution in [2.75, 3.05) is 13.7 Å². The minimum absolute atomic E-state index is 0.252. The number of aromatic nitrogens is 2. The summed E-state index contributed by atoms with van der Waals surface area (Å²) in [5.41, 5.74) is 1.27. The van der Waals surface area contributed by atoms with Crippen molar-refractivity contribution < 1.29 is 22.6 Å². The summed E-state index contributed by atoms with van der Waals surface area (Å²) >= 11 is 1.29. The zero-order valence-electron chi connectivity index (χ0n) is 15.4. The molecule has 0 radical (unpaired) electrons. The lowest BCUT2D eigenvalue weighted by molar-refractivity contribution is -0.137. The first-order chi connectivity index (χ1) is 13.4. The predicted octanol–water partition coefficient (Wildman–Crippen LogP) is 5.96. The largest absolute Gasteiger partial charge is 0.416 e. The molecule has 0 spiro atoms. The second-order valence-electron chi connectivity index (χ2n) is 6.02. The van der Waals surface area contributed by atoms with Crippen LogP contribution in [0.15, 0.2) is 48.8 Å². The van der Waals surface area contributed by atoms with Crippen LogP contribution in [-0.2, 0) is 15.7 Å². The van der Waals surface area contributed by atoms with E-state index in [1.54, 1.807) is 13.3 Å². The lowest BCUT2D eigenvalue weighted by Crippen LogP contribution is -2.07. The van der Waals surface area contributed by atoms with E-state index in [1.165, 1.54) is 11.3 Å². The number of halogens is 3. The molecular formula is C20H19F3N2O2S. The van der Waals surface area contributed by atoms with Gasteiger partial charge in [-0.05, 0) is 18.6 Å². The van der Waals surface area contributed by atoms with Gasteiger partial charge in [0.25, 0.3) is 0 Å². The highest BCUT2D eigenvalue weighted by Gasteiger charge is 2.31. The summed E-state index contributed by atoms with van der Waals surface area (Å²) in [5.74, 6) is 0. The molecule has 0 aliphatic heterocycles. The zero-order chi connectivity index (χ0) is 20.1. The molecule has 0 amide bonds. The summed E-state index contributed by atoms with van der Waals surface area (Å²) in [6.45, 7) is 2.62. The zero-order valence-corrected chi connectivity index (χ0v) is 16.2. The van der Waals surface area contributed by atoms with Crippen molar-refractivity contribution in [3.05, 3.63) is 59.9 Å². The standard InChI is InChI=1S/C20H19F3N2O2S/c1-3-10-27-19(26-2)14-6-4-13(5-7-14)18-25-12-17(28-18)16-11-15(8-9-24-16)20(21,22)23/h4-9,11-12,19H,3,10H2,1-2H3. The Labute approximate surface area is 165 Å². The van der Waals surface area contributed by atoms with E-state index in [4.69, 9.17) is 9.47 Å². The van der Waals surface area contributed by atoms with Crippen LogP contribution in [0.3, 0.4) is 0 Å². The van der Waals surface area contributed by atoms with Gasteiger partial charge in [0, 0.05) is 37.2 Å². The van der Waals surface area contributed by atoms with E-state index in [1.807, 2.05) is 31.2 Å². The van der Waals surface area contributed by atoms with E-state index in [-0.39, 0.29) is 5.69 Å². The average Bonchev–Trinajstić information content (AvgIpc) is 3.19. The summed E-state index contributed by atoms with van der Waals surface area (Å²) in [4.78, 5) is 8.95. The minimum atomic E-state index is -4.40. The van der Waals surface area contributed by atoms with Crippen molar-refractivity contribution in [3.8, 4) is 21.1 Å². The Morgan fingerprint density at radius 2 is 1.86 bits per heavy atom.